The number of anilines is 1. The molecular formula is C15H18N2OS. The van der Waals surface area contributed by atoms with Crippen LogP contribution < -0.4 is 11.1 Å². The monoisotopic (exact) mass is 274 g/mol. The highest BCUT2D eigenvalue weighted by molar-refractivity contribution is 7.80. The summed E-state index contributed by atoms with van der Waals surface area (Å²) in [4.78, 5) is 12.7. The molecule has 1 amide bonds. The number of benzene rings is 1. The molecule has 0 heterocycles. The van der Waals surface area contributed by atoms with Gasteiger partial charge in [0.05, 0.1) is 0 Å². The maximum atomic E-state index is 12.3. The Morgan fingerprint density at radius 3 is 2.79 bits per heavy atom. The SMILES string of the molecule is NC(=S)c1cccc(NC(=O)C2CC3CCC2C3)c1. The summed E-state index contributed by atoms with van der Waals surface area (Å²) in [5, 5.41) is 3.01. The van der Waals surface area contributed by atoms with Gasteiger partial charge in [-0.1, -0.05) is 30.8 Å². The number of hydrogen-bond donors (Lipinski definition) is 2. The Balaban J connectivity index is 1.69. The second-order valence-corrected chi connectivity index (χ2v) is 6.16. The van der Waals surface area contributed by atoms with Crippen LogP contribution in [0.5, 0.6) is 0 Å². The number of amides is 1. The maximum absolute atomic E-state index is 12.3. The molecule has 3 nitrogen and oxygen atoms in total. The highest BCUT2D eigenvalue weighted by Gasteiger charge is 2.42. The van der Waals surface area contributed by atoms with E-state index in [0.717, 1.165) is 23.6 Å². The molecule has 0 spiro atoms. The van der Waals surface area contributed by atoms with Crippen LogP contribution in [0.25, 0.3) is 0 Å². The van der Waals surface area contributed by atoms with E-state index in [0.29, 0.717) is 10.9 Å². The average Bonchev–Trinajstić information content (AvgIpc) is 3.01. The van der Waals surface area contributed by atoms with Crippen molar-refractivity contribution in [1.29, 1.82) is 0 Å². The van der Waals surface area contributed by atoms with Crippen LogP contribution in [0.2, 0.25) is 0 Å². The molecule has 1 aromatic carbocycles. The van der Waals surface area contributed by atoms with Crippen LogP contribution in [-0.4, -0.2) is 10.9 Å². The number of nitrogens with one attached hydrogen (secondary N) is 1. The van der Waals surface area contributed by atoms with E-state index in [9.17, 15) is 4.79 Å². The molecule has 3 unspecified atom stereocenters. The molecule has 2 fully saturated rings. The summed E-state index contributed by atoms with van der Waals surface area (Å²) < 4.78 is 0. The molecule has 4 heteroatoms. The number of carbonyl (C=O) groups is 1. The van der Waals surface area contributed by atoms with E-state index in [1.54, 1.807) is 0 Å². The molecule has 100 valence electrons. The van der Waals surface area contributed by atoms with Crippen molar-refractivity contribution in [3.8, 4) is 0 Å². The van der Waals surface area contributed by atoms with Crippen molar-refractivity contribution in [2.45, 2.75) is 25.7 Å². The van der Waals surface area contributed by atoms with Crippen LogP contribution in [0.4, 0.5) is 5.69 Å². The molecule has 2 saturated carbocycles. The lowest BCUT2D eigenvalue weighted by molar-refractivity contribution is -0.121. The fraction of sp³-hybridized carbons (Fsp3) is 0.467. The van der Waals surface area contributed by atoms with E-state index in [1.165, 1.54) is 19.3 Å². The largest absolute Gasteiger partial charge is 0.389 e. The van der Waals surface area contributed by atoms with E-state index in [2.05, 4.69) is 5.32 Å². The van der Waals surface area contributed by atoms with Gasteiger partial charge < -0.3 is 11.1 Å². The van der Waals surface area contributed by atoms with Gasteiger partial charge in [-0.25, -0.2) is 0 Å². The van der Waals surface area contributed by atoms with E-state index < -0.39 is 0 Å². The van der Waals surface area contributed by atoms with Crippen molar-refractivity contribution in [2.75, 3.05) is 5.32 Å². The summed E-state index contributed by atoms with van der Waals surface area (Å²) in [6, 6.07) is 7.45. The van der Waals surface area contributed by atoms with Crippen LogP contribution in [0.1, 0.15) is 31.2 Å². The van der Waals surface area contributed by atoms with Gasteiger partial charge >= 0.3 is 0 Å². The van der Waals surface area contributed by atoms with Crippen molar-refractivity contribution >= 4 is 28.8 Å². The van der Waals surface area contributed by atoms with Crippen molar-refractivity contribution in [3.63, 3.8) is 0 Å². The van der Waals surface area contributed by atoms with Gasteiger partial charge in [-0.3, -0.25) is 4.79 Å². The molecule has 0 aliphatic heterocycles. The van der Waals surface area contributed by atoms with E-state index in [1.807, 2.05) is 24.3 Å². The molecule has 3 N–H and O–H groups in total. The maximum Gasteiger partial charge on any atom is 0.227 e. The highest BCUT2D eigenvalue weighted by atomic mass is 32.1. The number of fused-ring (bicyclic) bond motifs is 2. The van der Waals surface area contributed by atoms with Crippen LogP contribution >= 0.6 is 12.2 Å². The van der Waals surface area contributed by atoms with Gasteiger partial charge in [0, 0.05) is 17.2 Å². The van der Waals surface area contributed by atoms with Crippen LogP contribution in [0.15, 0.2) is 24.3 Å². The zero-order valence-electron chi connectivity index (χ0n) is 10.8. The number of hydrogen-bond acceptors (Lipinski definition) is 2. The average molecular weight is 274 g/mol. The quantitative estimate of drug-likeness (QED) is 0.833. The van der Waals surface area contributed by atoms with Crippen LogP contribution in [-0.2, 0) is 4.79 Å². The van der Waals surface area contributed by atoms with E-state index in [-0.39, 0.29) is 11.8 Å². The fourth-order valence-corrected chi connectivity index (χ4v) is 3.68. The zero-order chi connectivity index (χ0) is 13.4. The first-order valence-corrected chi connectivity index (χ1v) is 7.25. The smallest absolute Gasteiger partial charge is 0.227 e. The third kappa shape index (κ3) is 2.50. The number of rotatable bonds is 3. The molecule has 2 aliphatic rings. The van der Waals surface area contributed by atoms with Crippen molar-refractivity contribution in [2.24, 2.45) is 23.5 Å². The van der Waals surface area contributed by atoms with Gasteiger partial charge in [0.25, 0.3) is 0 Å². The topological polar surface area (TPSA) is 55.1 Å². The van der Waals surface area contributed by atoms with Gasteiger partial charge in [-0.05, 0) is 43.2 Å². The second-order valence-electron chi connectivity index (χ2n) is 5.72. The molecule has 2 bridgehead atoms. The summed E-state index contributed by atoms with van der Waals surface area (Å²) >= 11 is 4.95. The Kier molecular flexibility index (Phi) is 3.27. The van der Waals surface area contributed by atoms with Crippen molar-refractivity contribution in [3.05, 3.63) is 29.8 Å². The minimum absolute atomic E-state index is 0.160. The predicted molar refractivity (Wildman–Crippen MR) is 79.9 cm³/mol. The normalized spacial score (nSPS) is 28.3. The third-order valence-electron chi connectivity index (χ3n) is 4.49. The minimum Gasteiger partial charge on any atom is -0.389 e. The molecule has 1 aromatic rings. The van der Waals surface area contributed by atoms with E-state index >= 15 is 0 Å². The summed E-state index contributed by atoms with van der Waals surface area (Å²) in [5.74, 6) is 1.74. The molecule has 0 aromatic heterocycles. The predicted octanol–water partition coefficient (Wildman–Crippen LogP) is 2.70. The first-order valence-electron chi connectivity index (χ1n) is 6.84. The second kappa shape index (κ2) is 4.93. The van der Waals surface area contributed by atoms with Gasteiger partial charge in [-0.15, -0.1) is 0 Å². The summed E-state index contributed by atoms with van der Waals surface area (Å²) in [6.45, 7) is 0. The summed E-state index contributed by atoms with van der Waals surface area (Å²) in [5.41, 5.74) is 7.19. The van der Waals surface area contributed by atoms with E-state index in [4.69, 9.17) is 18.0 Å². The molecular weight excluding hydrogens is 256 g/mol. The van der Waals surface area contributed by atoms with Gasteiger partial charge in [0.1, 0.15) is 4.99 Å². The summed E-state index contributed by atoms with van der Waals surface area (Å²) in [7, 11) is 0. The lowest BCUT2D eigenvalue weighted by Gasteiger charge is -2.20. The Morgan fingerprint density at radius 1 is 1.32 bits per heavy atom. The molecule has 0 saturated heterocycles. The molecule has 19 heavy (non-hydrogen) atoms. The molecule has 0 radical (unpaired) electrons. The first kappa shape index (κ1) is 12.6. The molecule has 2 aliphatic carbocycles. The lowest BCUT2D eigenvalue weighted by Crippen LogP contribution is -2.27. The Morgan fingerprint density at radius 2 is 2.16 bits per heavy atom. The lowest BCUT2D eigenvalue weighted by atomic mass is 9.88. The van der Waals surface area contributed by atoms with Gasteiger partial charge in [0.15, 0.2) is 0 Å². The Hall–Kier alpha value is -1.42. The highest BCUT2D eigenvalue weighted by Crippen LogP contribution is 2.48. The molecule has 3 rings (SSSR count). The summed E-state index contributed by atoms with van der Waals surface area (Å²) in [6.07, 6.45) is 4.83. The standard InChI is InChI=1S/C15H18N2OS/c16-14(19)11-2-1-3-12(8-11)17-15(18)13-7-9-4-5-10(13)6-9/h1-3,8-10,13H,4-7H2,(H2,16,19)(H,17,18). The number of thiocarbonyl (C=S) groups is 1. The fourth-order valence-electron chi connectivity index (χ4n) is 3.55. The van der Waals surface area contributed by atoms with Gasteiger partial charge in [0.2, 0.25) is 5.91 Å². The third-order valence-corrected chi connectivity index (χ3v) is 4.73. The zero-order valence-corrected chi connectivity index (χ0v) is 11.6. The minimum atomic E-state index is 0.160. The van der Waals surface area contributed by atoms with Crippen molar-refractivity contribution in [1.82, 2.24) is 0 Å². The number of nitrogens with two attached hydrogens (primary N) is 1. The number of carbonyl (C=O) groups excluding carboxylic acids is 1. The van der Waals surface area contributed by atoms with Crippen molar-refractivity contribution < 1.29 is 4.79 Å². The Bertz CT molecular complexity index is 529. The first-order chi connectivity index (χ1) is 9.13. The molecule has 3 atom stereocenters. The van der Waals surface area contributed by atoms with Crippen LogP contribution in [0.3, 0.4) is 0 Å². The Labute approximate surface area is 118 Å². The van der Waals surface area contributed by atoms with Gasteiger partial charge in [-0.2, -0.15) is 0 Å². The van der Waals surface area contributed by atoms with Crippen LogP contribution in [0, 0.1) is 17.8 Å².